The molecule has 0 aliphatic carbocycles. The van der Waals surface area contributed by atoms with Crippen LogP contribution in [0.15, 0.2) is 29.1 Å². The standard InChI is InChI=1S/C17H24N4O3/c1-19(2)11-12-24-17(23)20-9-7-13(8-10-20)21-15-6-4-3-5-14(15)18-16(21)22/h3-6,13H,7-12H2,1-2H3,(H,18,22). The minimum Gasteiger partial charge on any atom is -0.448 e. The minimum absolute atomic E-state index is 0.0804. The van der Waals surface area contributed by atoms with E-state index in [1.807, 2.05) is 47.8 Å². The van der Waals surface area contributed by atoms with Gasteiger partial charge in [0.25, 0.3) is 0 Å². The maximum absolute atomic E-state index is 12.3. The molecule has 1 saturated heterocycles. The highest BCUT2D eigenvalue weighted by Crippen LogP contribution is 2.25. The van der Waals surface area contributed by atoms with Gasteiger partial charge in [-0.05, 0) is 39.1 Å². The topological polar surface area (TPSA) is 70.6 Å². The molecule has 1 aromatic carbocycles. The van der Waals surface area contributed by atoms with Crippen molar-refractivity contribution in [1.82, 2.24) is 19.4 Å². The maximum atomic E-state index is 12.3. The van der Waals surface area contributed by atoms with Crippen molar-refractivity contribution in [2.45, 2.75) is 18.9 Å². The summed E-state index contributed by atoms with van der Waals surface area (Å²) in [6.45, 7) is 2.33. The van der Waals surface area contributed by atoms with Gasteiger partial charge in [0, 0.05) is 25.7 Å². The van der Waals surface area contributed by atoms with E-state index in [0.717, 1.165) is 23.9 Å². The molecule has 1 fully saturated rings. The lowest BCUT2D eigenvalue weighted by molar-refractivity contribution is 0.0835. The number of carbonyl (C=O) groups is 1. The Morgan fingerprint density at radius 3 is 2.71 bits per heavy atom. The number of likely N-dealkylation sites (tertiary alicyclic amines) is 1. The average Bonchev–Trinajstić information content (AvgIpc) is 2.90. The van der Waals surface area contributed by atoms with E-state index in [2.05, 4.69) is 4.98 Å². The summed E-state index contributed by atoms with van der Waals surface area (Å²) in [6.07, 6.45) is 1.25. The second-order valence-electron chi connectivity index (χ2n) is 6.45. The molecule has 0 spiro atoms. The molecule has 2 aromatic rings. The minimum atomic E-state index is -0.262. The zero-order valence-corrected chi connectivity index (χ0v) is 14.2. The highest BCUT2D eigenvalue weighted by molar-refractivity contribution is 5.75. The summed E-state index contributed by atoms with van der Waals surface area (Å²) in [4.78, 5) is 30.9. The van der Waals surface area contributed by atoms with Crippen LogP contribution in [0.5, 0.6) is 0 Å². The molecule has 0 radical (unpaired) electrons. The summed E-state index contributed by atoms with van der Waals surface area (Å²) in [5, 5.41) is 0. The van der Waals surface area contributed by atoms with Gasteiger partial charge in [0.15, 0.2) is 0 Å². The fourth-order valence-corrected chi connectivity index (χ4v) is 3.15. The van der Waals surface area contributed by atoms with E-state index in [-0.39, 0.29) is 17.8 Å². The van der Waals surface area contributed by atoms with Crippen molar-refractivity contribution in [3.05, 3.63) is 34.7 Å². The highest BCUT2D eigenvalue weighted by Gasteiger charge is 2.26. The third-order valence-electron chi connectivity index (χ3n) is 4.48. The first-order chi connectivity index (χ1) is 11.6. The lowest BCUT2D eigenvalue weighted by Crippen LogP contribution is -2.41. The first-order valence-electron chi connectivity index (χ1n) is 8.32. The maximum Gasteiger partial charge on any atom is 0.409 e. The SMILES string of the molecule is CN(C)CCOC(=O)N1CCC(n2c(=O)[nH]c3ccccc32)CC1. The number of fused-ring (bicyclic) bond motifs is 1. The highest BCUT2D eigenvalue weighted by atomic mass is 16.6. The fourth-order valence-electron chi connectivity index (χ4n) is 3.15. The van der Waals surface area contributed by atoms with Gasteiger partial charge < -0.3 is 19.5 Å². The number of aromatic amines is 1. The van der Waals surface area contributed by atoms with E-state index in [0.29, 0.717) is 26.2 Å². The van der Waals surface area contributed by atoms with Crippen LogP contribution in [0.3, 0.4) is 0 Å². The number of nitrogens with zero attached hydrogens (tertiary/aromatic N) is 3. The summed E-state index contributed by atoms with van der Waals surface area (Å²) in [6, 6.07) is 7.82. The van der Waals surface area contributed by atoms with Crippen molar-refractivity contribution >= 4 is 17.1 Å². The second kappa shape index (κ2) is 7.09. The Morgan fingerprint density at radius 2 is 2.00 bits per heavy atom. The van der Waals surface area contributed by atoms with E-state index in [1.54, 1.807) is 4.90 Å². The van der Waals surface area contributed by atoms with Crippen LogP contribution in [-0.2, 0) is 4.74 Å². The van der Waals surface area contributed by atoms with Crippen LogP contribution >= 0.6 is 0 Å². The molecule has 0 unspecified atom stereocenters. The van der Waals surface area contributed by atoms with Gasteiger partial charge in [0.2, 0.25) is 0 Å². The molecule has 3 rings (SSSR count). The number of carbonyl (C=O) groups excluding carboxylic acids is 1. The third kappa shape index (κ3) is 3.46. The van der Waals surface area contributed by atoms with Gasteiger partial charge in [-0.15, -0.1) is 0 Å². The molecule has 130 valence electrons. The Kier molecular flexibility index (Phi) is 4.89. The number of likely N-dealkylation sites (N-methyl/N-ethyl adjacent to an activating group) is 1. The van der Waals surface area contributed by atoms with Gasteiger partial charge in [0.05, 0.1) is 11.0 Å². The Hall–Kier alpha value is -2.28. The number of imidazole rings is 1. The Labute approximate surface area is 140 Å². The molecule has 7 nitrogen and oxygen atoms in total. The summed E-state index contributed by atoms with van der Waals surface area (Å²) in [7, 11) is 3.89. The number of aromatic nitrogens is 2. The number of amides is 1. The largest absolute Gasteiger partial charge is 0.448 e. The molecule has 0 atom stereocenters. The van der Waals surface area contributed by atoms with Gasteiger partial charge in [0.1, 0.15) is 6.61 Å². The lowest BCUT2D eigenvalue weighted by Gasteiger charge is -2.32. The Bertz CT molecular complexity index is 757. The number of benzene rings is 1. The van der Waals surface area contributed by atoms with Crippen molar-refractivity contribution in [1.29, 1.82) is 0 Å². The first-order valence-corrected chi connectivity index (χ1v) is 8.32. The van der Waals surface area contributed by atoms with Gasteiger partial charge in [-0.1, -0.05) is 12.1 Å². The summed E-state index contributed by atoms with van der Waals surface area (Å²) < 4.78 is 7.11. The van der Waals surface area contributed by atoms with E-state index in [9.17, 15) is 9.59 Å². The fraction of sp³-hybridized carbons (Fsp3) is 0.529. The molecule has 0 bridgehead atoms. The molecule has 0 saturated carbocycles. The van der Waals surface area contributed by atoms with Crippen LogP contribution < -0.4 is 5.69 Å². The molecular weight excluding hydrogens is 308 g/mol. The second-order valence-corrected chi connectivity index (χ2v) is 6.45. The van der Waals surface area contributed by atoms with E-state index in [1.165, 1.54) is 0 Å². The quantitative estimate of drug-likeness (QED) is 0.924. The number of para-hydroxylation sites is 2. The van der Waals surface area contributed by atoms with E-state index >= 15 is 0 Å². The van der Waals surface area contributed by atoms with Crippen molar-refractivity contribution in [2.24, 2.45) is 0 Å². The monoisotopic (exact) mass is 332 g/mol. The predicted molar refractivity (Wildman–Crippen MR) is 92.3 cm³/mol. The van der Waals surface area contributed by atoms with Crippen molar-refractivity contribution in [3.8, 4) is 0 Å². The zero-order chi connectivity index (χ0) is 17.1. The first kappa shape index (κ1) is 16.6. The predicted octanol–water partition coefficient (Wildman–Crippen LogP) is 1.66. The number of piperidine rings is 1. The Morgan fingerprint density at radius 1 is 1.29 bits per heavy atom. The molecule has 1 N–H and O–H groups in total. The molecule has 7 heteroatoms. The van der Waals surface area contributed by atoms with Gasteiger partial charge in [-0.25, -0.2) is 9.59 Å². The lowest BCUT2D eigenvalue weighted by atomic mass is 10.0. The summed E-state index contributed by atoms with van der Waals surface area (Å²) >= 11 is 0. The summed E-state index contributed by atoms with van der Waals surface area (Å²) in [5.74, 6) is 0. The number of rotatable bonds is 4. The third-order valence-corrected chi connectivity index (χ3v) is 4.48. The molecule has 1 aromatic heterocycles. The average molecular weight is 332 g/mol. The van der Waals surface area contributed by atoms with Crippen molar-refractivity contribution in [3.63, 3.8) is 0 Å². The van der Waals surface area contributed by atoms with E-state index in [4.69, 9.17) is 4.74 Å². The normalized spacial score (nSPS) is 16.0. The van der Waals surface area contributed by atoms with Crippen molar-refractivity contribution in [2.75, 3.05) is 40.3 Å². The summed E-state index contributed by atoms with van der Waals surface area (Å²) in [5.41, 5.74) is 1.70. The molecular formula is C17H24N4O3. The van der Waals surface area contributed by atoms with Gasteiger partial charge in [-0.3, -0.25) is 4.57 Å². The van der Waals surface area contributed by atoms with Crippen LogP contribution in [-0.4, -0.2) is 65.8 Å². The zero-order valence-electron chi connectivity index (χ0n) is 14.2. The molecule has 1 aliphatic heterocycles. The number of hydrogen-bond acceptors (Lipinski definition) is 4. The van der Waals surface area contributed by atoms with Crippen LogP contribution in [0, 0.1) is 0 Å². The van der Waals surface area contributed by atoms with Gasteiger partial charge >= 0.3 is 11.8 Å². The molecule has 24 heavy (non-hydrogen) atoms. The Balaban J connectivity index is 1.61. The molecule has 1 amide bonds. The molecule has 1 aliphatic rings. The van der Waals surface area contributed by atoms with Gasteiger partial charge in [-0.2, -0.15) is 0 Å². The number of H-pyrrole nitrogens is 1. The van der Waals surface area contributed by atoms with Crippen LogP contribution in [0.1, 0.15) is 18.9 Å². The molecule has 2 heterocycles. The number of ether oxygens (including phenoxy) is 1. The number of nitrogens with one attached hydrogen (secondary N) is 1. The van der Waals surface area contributed by atoms with Crippen molar-refractivity contribution < 1.29 is 9.53 Å². The number of hydrogen-bond donors (Lipinski definition) is 1. The smallest absolute Gasteiger partial charge is 0.409 e. The van der Waals surface area contributed by atoms with Crippen LogP contribution in [0.2, 0.25) is 0 Å². The van der Waals surface area contributed by atoms with Crippen LogP contribution in [0.25, 0.3) is 11.0 Å². The van der Waals surface area contributed by atoms with E-state index < -0.39 is 0 Å². The van der Waals surface area contributed by atoms with Crippen LogP contribution in [0.4, 0.5) is 4.79 Å².